The van der Waals surface area contributed by atoms with E-state index in [4.69, 9.17) is 5.11 Å². The molecule has 1 heterocycles. The number of aliphatic carboxylic acids is 1. The van der Waals surface area contributed by atoms with Crippen LogP contribution in [-0.2, 0) is 4.79 Å². The monoisotopic (exact) mass is 328 g/mol. The first-order valence-corrected chi connectivity index (χ1v) is 6.90. The molecule has 6 heteroatoms. The van der Waals surface area contributed by atoms with Crippen molar-refractivity contribution in [3.05, 3.63) is 28.5 Å². The lowest BCUT2D eigenvalue weighted by Gasteiger charge is -2.10. The van der Waals surface area contributed by atoms with Crippen LogP contribution in [0.1, 0.15) is 36.7 Å². The number of carbonyl (C=O) groups is 2. The maximum Gasteiger partial charge on any atom is 0.303 e. The summed E-state index contributed by atoms with van der Waals surface area (Å²) in [7, 11) is 0. The predicted octanol–water partition coefficient (Wildman–Crippen LogP) is 2.46. The second kappa shape index (κ2) is 7.89. The van der Waals surface area contributed by atoms with Crippen LogP contribution >= 0.6 is 15.9 Å². The molecule has 0 spiro atoms. The van der Waals surface area contributed by atoms with Crippen molar-refractivity contribution in [3.8, 4) is 0 Å². The van der Waals surface area contributed by atoms with Gasteiger partial charge in [0.15, 0.2) is 0 Å². The van der Waals surface area contributed by atoms with Crippen LogP contribution in [0.25, 0.3) is 0 Å². The molecule has 1 rings (SSSR count). The van der Waals surface area contributed by atoms with E-state index in [1.807, 2.05) is 6.92 Å². The van der Waals surface area contributed by atoms with Crippen LogP contribution in [0.3, 0.4) is 0 Å². The summed E-state index contributed by atoms with van der Waals surface area (Å²) in [5.41, 5.74) is 0.376. The minimum Gasteiger partial charge on any atom is -0.481 e. The molecule has 0 saturated heterocycles. The fourth-order valence-electron chi connectivity index (χ4n) is 1.55. The Morgan fingerprint density at radius 3 is 2.74 bits per heavy atom. The van der Waals surface area contributed by atoms with Gasteiger partial charge in [0.25, 0.3) is 5.91 Å². The van der Waals surface area contributed by atoms with E-state index in [0.29, 0.717) is 18.7 Å². The van der Waals surface area contributed by atoms with Crippen molar-refractivity contribution < 1.29 is 14.7 Å². The van der Waals surface area contributed by atoms with Crippen molar-refractivity contribution >= 4 is 27.8 Å². The Balaban J connectivity index is 2.27. The van der Waals surface area contributed by atoms with Crippen molar-refractivity contribution in [2.24, 2.45) is 5.92 Å². The average molecular weight is 329 g/mol. The zero-order valence-corrected chi connectivity index (χ0v) is 12.3. The van der Waals surface area contributed by atoms with Gasteiger partial charge in [0.05, 0.1) is 0 Å². The number of aromatic nitrogens is 1. The van der Waals surface area contributed by atoms with Crippen LogP contribution in [0.5, 0.6) is 0 Å². The standard InChI is InChI=1S/C13H17BrN2O3/c1-9(2-5-12(17)18)6-7-15-13(19)11-4-3-10(14)8-16-11/h3-4,8-9H,2,5-7H2,1H3,(H,15,19)(H,17,18). The topological polar surface area (TPSA) is 79.3 Å². The molecular formula is C13H17BrN2O3. The highest BCUT2D eigenvalue weighted by Gasteiger charge is 2.08. The third-order valence-corrected chi connectivity index (χ3v) is 3.20. The van der Waals surface area contributed by atoms with Gasteiger partial charge in [-0.3, -0.25) is 9.59 Å². The molecule has 1 unspecified atom stereocenters. The van der Waals surface area contributed by atoms with Crippen LogP contribution in [-0.4, -0.2) is 28.5 Å². The number of pyridine rings is 1. The van der Waals surface area contributed by atoms with E-state index in [0.717, 1.165) is 10.9 Å². The van der Waals surface area contributed by atoms with E-state index < -0.39 is 5.97 Å². The summed E-state index contributed by atoms with van der Waals surface area (Å²) >= 11 is 3.25. The number of hydrogen-bond donors (Lipinski definition) is 2. The summed E-state index contributed by atoms with van der Waals surface area (Å²) in [5, 5.41) is 11.3. The molecule has 19 heavy (non-hydrogen) atoms. The van der Waals surface area contributed by atoms with Crippen LogP contribution in [0.2, 0.25) is 0 Å². The van der Waals surface area contributed by atoms with Crippen molar-refractivity contribution in [3.63, 3.8) is 0 Å². The summed E-state index contributed by atoms with van der Waals surface area (Å²) in [5.74, 6) is -0.720. The van der Waals surface area contributed by atoms with E-state index >= 15 is 0 Å². The number of carboxylic acid groups (broad SMARTS) is 1. The summed E-state index contributed by atoms with van der Waals surface area (Å²) in [6, 6.07) is 3.41. The first-order valence-electron chi connectivity index (χ1n) is 6.10. The lowest BCUT2D eigenvalue weighted by atomic mass is 10.0. The number of carboxylic acids is 1. The number of nitrogens with zero attached hydrogens (tertiary/aromatic N) is 1. The maximum atomic E-state index is 11.7. The number of hydrogen-bond acceptors (Lipinski definition) is 3. The Morgan fingerprint density at radius 1 is 1.42 bits per heavy atom. The summed E-state index contributed by atoms with van der Waals surface area (Å²) < 4.78 is 0.825. The summed E-state index contributed by atoms with van der Waals surface area (Å²) in [6.45, 7) is 2.50. The largest absolute Gasteiger partial charge is 0.481 e. The number of nitrogens with one attached hydrogen (secondary N) is 1. The summed E-state index contributed by atoms with van der Waals surface area (Å²) in [4.78, 5) is 26.1. The van der Waals surface area contributed by atoms with E-state index in [9.17, 15) is 9.59 Å². The Bertz CT molecular complexity index is 434. The second-order valence-electron chi connectivity index (χ2n) is 4.44. The van der Waals surface area contributed by atoms with Gasteiger partial charge in [0.1, 0.15) is 5.69 Å². The van der Waals surface area contributed by atoms with Gasteiger partial charge in [0, 0.05) is 23.6 Å². The van der Waals surface area contributed by atoms with Gasteiger partial charge in [-0.25, -0.2) is 4.98 Å². The highest BCUT2D eigenvalue weighted by molar-refractivity contribution is 9.10. The first-order chi connectivity index (χ1) is 8.99. The zero-order chi connectivity index (χ0) is 14.3. The molecule has 5 nitrogen and oxygen atoms in total. The molecule has 1 aromatic rings. The molecule has 1 amide bonds. The molecule has 0 bridgehead atoms. The zero-order valence-electron chi connectivity index (χ0n) is 10.7. The second-order valence-corrected chi connectivity index (χ2v) is 5.36. The van der Waals surface area contributed by atoms with Crippen molar-refractivity contribution in [1.29, 1.82) is 0 Å². The minimum atomic E-state index is -0.782. The van der Waals surface area contributed by atoms with Gasteiger partial charge in [-0.2, -0.15) is 0 Å². The molecule has 0 aliphatic heterocycles. The Kier molecular flexibility index (Phi) is 6.49. The highest BCUT2D eigenvalue weighted by Crippen LogP contribution is 2.10. The Morgan fingerprint density at radius 2 is 2.16 bits per heavy atom. The predicted molar refractivity (Wildman–Crippen MR) is 74.9 cm³/mol. The third kappa shape index (κ3) is 6.33. The molecule has 2 N–H and O–H groups in total. The fraction of sp³-hybridized carbons (Fsp3) is 0.462. The number of carbonyl (C=O) groups excluding carboxylic acids is 1. The third-order valence-electron chi connectivity index (χ3n) is 2.73. The van der Waals surface area contributed by atoms with Crippen molar-refractivity contribution in [1.82, 2.24) is 10.3 Å². The maximum absolute atomic E-state index is 11.7. The van der Waals surface area contributed by atoms with Gasteiger partial charge in [-0.05, 0) is 46.8 Å². The SMILES string of the molecule is CC(CCNC(=O)c1ccc(Br)cn1)CCC(=O)O. The Hall–Kier alpha value is -1.43. The minimum absolute atomic E-state index is 0.170. The normalized spacial score (nSPS) is 11.9. The van der Waals surface area contributed by atoms with Crippen LogP contribution in [0.4, 0.5) is 0 Å². The smallest absolute Gasteiger partial charge is 0.303 e. The van der Waals surface area contributed by atoms with E-state index in [2.05, 4.69) is 26.2 Å². The Labute approximate surface area is 120 Å². The van der Waals surface area contributed by atoms with Crippen molar-refractivity contribution in [2.45, 2.75) is 26.2 Å². The average Bonchev–Trinajstić information content (AvgIpc) is 2.37. The van der Waals surface area contributed by atoms with Crippen LogP contribution in [0.15, 0.2) is 22.8 Å². The van der Waals surface area contributed by atoms with E-state index in [1.54, 1.807) is 18.3 Å². The number of amides is 1. The van der Waals surface area contributed by atoms with Crippen LogP contribution < -0.4 is 5.32 Å². The fourth-order valence-corrected chi connectivity index (χ4v) is 1.78. The molecule has 0 fully saturated rings. The van der Waals surface area contributed by atoms with Gasteiger partial charge in [0.2, 0.25) is 0 Å². The highest BCUT2D eigenvalue weighted by atomic mass is 79.9. The van der Waals surface area contributed by atoms with Crippen molar-refractivity contribution in [2.75, 3.05) is 6.54 Å². The number of rotatable bonds is 7. The first kappa shape index (κ1) is 15.6. The lowest BCUT2D eigenvalue weighted by molar-refractivity contribution is -0.137. The van der Waals surface area contributed by atoms with E-state index in [1.165, 1.54) is 0 Å². The number of halogens is 1. The quantitative estimate of drug-likeness (QED) is 0.805. The molecule has 0 saturated carbocycles. The van der Waals surface area contributed by atoms with Crippen LogP contribution in [0, 0.1) is 5.92 Å². The molecule has 104 valence electrons. The van der Waals surface area contributed by atoms with Gasteiger partial charge in [-0.15, -0.1) is 0 Å². The lowest BCUT2D eigenvalue weighted by Crippen LogP contribution is -2.26. The molecule has 0 radical (unpaired) electrons. The molecule has 1 atom stereocenters. The van der Waals surface area contributed by atoms with Gasteiger partial charge in [-0.1, -0.05) is 6.92 Å². The molecule has 0 aromatic carbocycles. The van der Waals surface area contributed by atoms with E-state index in [-0.39, 0.29) is 18.2 Å². The van der Waals surface area contributed by atoms with Gasteiger partial charge < -0.3 is 10.4 Å². The molecule has 0 aliphatic rings. The summed E-state index contributed by atoms with van der Waals surface area (Å²) in [6.07, 6.45) is 3.13. The van der Waals surface area contributed by atoms with Gasteiger partial charge >= 0.3 is 5.97 Å². The molecule has 0 aliphatic carbocycles. The molecule has 1 aromatic heterocycles. The molecular weight excluding hydrogens is 312 g/mol.